The van der Waals surface area contributed by atoms with E-state index < -0.39 is 0 Å². The molecule has 96 valence electrons. The van der Waals surface area contributed by atoms with E-state index in [1.165, 1.54) is 11.3 Å². The van der Waals surface area contributed by atoms with E-state index in [9.17, 15) is 4.39 Å². The summed E-state index contributed by atoms with van der Waals surface area (Å²) in [5.41, 5.74) is 1.25. The van der Waals surface area contributed by atoms with Crippen molar-refractivity contribution in [3.63, 3.8) is 0 Å². The third-order valence-corrected chi connectivity index (χ3v) is 3.69. The van der Waals surface area contributed by atoms with Gasteiger partial charge in [-0.1, -0.05) is 26.0 Å². The summed E-state index contributed by atoms with van der Waals surface area (Å²) in [5, 5.41) is 4.08. The van der Waals surface area contributed by atoms with E-state index in [-0.39, 0.29) is 5.82 Å². The highest BCUT2D eigenvalue weighted by molar-refractivity contribution is 7.15. The van der Waals surface area contributed by atoms with Gasteiger partial charge >= 0.3 is 0 Å². The molecule has 0 amide bonds. The summed E-state index contributed by atoms with van der Waals surface area (Å²) in [6.45, 7) is 6.75. The fraction of sp³-hybridized carbons (Fsp3) is 0.357. The van der Waals surface area contributed by atoms with Crippen LogP contribution in [0.2, 0.25) is 0 Å². The molecule has 1 aromatic carbocycles. The van der Waals surface area contributed by atoms with E-state index in [1.807, 2.05) is 12.3 Å². The quantitative estimate of drug-likeness (QED) is 0.909. The zero-order valence-electron chi connectivity index (χ0n) is 10.8. The van der Waals surface area contributed by atoms with Crippen LogP contribution in [0.15, 0.2) is 24.4 Å². The Morgan fingerprint density at radius 2 is 2.17 bits per heavy atom. The molecule has 0 bridgehead atoms. The minimum absolute atomic E-state index is 0.171. The lowest BCUT2D eigenvalue weighted by Crippen LogP contribution is -2.21. The molecule has 2 aromatic rings. The highest BCUT2D eigenvalue weighted by Crippen LogP contribution is 2.28. The van der Waals surface area contributed by atoms with Crippen molar-refractivity contribution < 1.29 is 4.39 Å². The van der Waals surface area contributed by atoms with Gasteiger partial charge in [-0.2, -0.15) is 0 Å². The zero-order valence-corrected chi connectivity index (χ0v) is 11.6. The third kappa shape index (κ3) is 2.94. The van der Waals surface area contributed by atoms with Crippen LogP contribution in [0.3, 0.4) is 0 Å². The topological polar surface area (TPSA) is 24.9 Å². The van der Waals surface area contributed by atoms with Gasteiger partial charge in [0.1, 0.15) is 10.8 Å². The molecular formula is C14H17FN2S. The first-order chi connectivity index (χ1) is 8.58. The average molecular weight is 264 g/mol. The number of benzene rings is 1. The predicted molar refractivity (Wildman–Crippen MR) is 74.2 cm³/mol. The van der Waals surface area contributed by atoms with Gasteiger partial charge in [0.15, 0.2) is 0 Å². The molecule has 4 heteroatoms. The summed E-state index contributed by atoms with van der Waals surface area (Å²) in [4.78, 5) is 5.43. The molecule has 2 rings (SSSR count). The number of hydrogen-bond donors (Lipinski definition) is 1. The van der Waals surface area contributed by atoms with Gasteiger partial charge < -0.3 is 5.32 Å². The third-order valence-electron chi connectivity index (χ3n) is 2.66. The predicted octanol–water partition coefficient (Wildman–Crippen LogP) is 3.76. The second kappa shape index (κ2) is 5.59. The van der Waals surface area contributed by atoms with Crippen LogP contribution in [0.1, 0.15) is 24.3 Å². The summed E-state index contributed by atoms with van der Waals surface area (Å²) < 4.78 is 14.0. The summed E-state index contributed by atoms with van der Waals surface area (Å²) >= 11 is 1.54. The number of thiazole rings is 1. The molecule has 0 aliphatic rings. The van der Waals surface area contributed by atoms with Gasteiger partial charge in [0.2, 0.25) is 0 Å². The van der Waals surface area contributed by atoms with Crippen LogP contribution in [0.5, 0.6) is 0 Å². The standard InChI is InChI=1S/C14H17FN2S/c1-9(2)16-7-11-8-17-14(18-11)12-6-4-5-10(3)13(12)15/h4-6,8-9,16H,7H2,1-3H3. The van der Waals surface area contributed by atoms with Gasteiger partial charge in [0.05, 0.1) is 0 Å². The Morgan fingerprint density at radius 1 is 1.39 bits per heavy atom. The average Bonchev–Trinajstić information content (AvgIpc) is 2.78. The van der Waals surface area contributed by atoms with E-state index in [0.29, 0.717) is 17.2 Å². The molecule has 18 heavy (non-hydrogen) atoms. The number of nitrogens with one attached hydrogen (secondary N) is 1. The lowest BCUT2D eigenvalue weighted by atomic mass is 10.1. The Kier molecular flexibility index (Phi) is 4.09. The zero-order chi connectivity index (χ0) is 13.1. The van der Waals surface area contributed by atoms with Crippen molar-refractivity contribution in [2.24, 2.45) is 0 Å². The van der Waals surface area contributed by atoms with Crippen LogP contribution in [-0.4, -0.2) is 11.0 Å². The minimum atomic E-state index is -0.171. The van der Waals surface area contributed by atoms with Crippen molar-refractivity contribution in [2.45, 2.75) is 33.4 Å². The lowest BCUT2D eigenvalue weighted by Gasteiger charge is -2.05. The van der Waals surface area contributed by atoms with Crippen molar-refractivity contribution in [3.8, 4) is 10.6 Å². The number of aryl methyl sites for hydroxylation is 1. The van der Waals surface area contributed by atoms with Gasteiger partial charge in [-0.25, -0.2) is 9.37 Å². The molecule has 1 N–H and O–H groups in total. The number of rotatable bonds is 4. The first-order valence-electron chi connectivity index (χ1n) is 6.01. The maximum Gasteiger partial charge on any atom is 0.136 e. The largest absolute Gasteiger partial charge is 0.310 e. The summed E-state index contributed by atoms with van der Waals surface area (Å²) in [6, 6.07) is 5.85. The Bertz CT molecular complexity index is 534. The number of hydrogen-bond acceptors (Lipinski definition) is 3. The molecule has 1 aromatic heterocycles. The second-order valence-corrected chi connectivity index (χ2v) is 5.72. The van der Waals surface area contributed by atoms with Gasteiger partial charge in [0, 0.05) is 29.2 Å². The Hall–Kier alpha value is -1.26. The monoisotopic (exact) mass is 264 g/mol. The second-order valence-electron chi connectivity index (χ2n) is 4.60. The van der Waals surface area contributed by atoms with E-state index in [1.54, 1.807) is 19.1 Å². The van der Waals surface area contributed by atoms with E-state index >= 15 is 0 Å². The summed E-state index contributed by atoms with van der Waals surface area (Å²) in [5.74, 6) is -0.171. The Labute approximate surface area is 111 Å². The lowest BCUT2D eigenvalue weighted by molar-refractivity contribution is 0.593. The van der Waals surface area contributed by atoms with Crippen LogP contribution in [-0.2, 0) is 6.54 Å². The van der Waals surface area contributed by atoms with Crippen LogP contribution in [0.4, 0.5) is 4.39 Å². The minimum Gasteiger partial charge on any atom is -0.310 e. The highest BCUT2D eigenvalue weighted by Gasteiger charge is 2.11. The molecule has 0 radical (unpaired) electrons. The fourth-order valence-electron chi connectivity index (χ4n) is 1.63. The molecule has 0 atom stereocenters. The number of halogens is 1. The molecule has 0 saturated carbocycles. The first-order valence-corrected chi connectivity index (χ1v) is 6.83. The SMILES string of the molecule is Cc1cccc(-c2ncc(CNC(C)C)s2)c1F. The van der Waals surface area contributed by atoms with Crippen LogP contribution in [0, 0.1) is 12.7 Å². The molecular weight excluding hydrogens is 247 g/mol. The Balaban J connectivity index is 2.21. The number of nitrogens with zero attached hydrogens (tertiary/aromatic N) is 1. The summed E-state index contributed by atoms with van der Waals surface area (Å²) in [6.07, 6.45) is 1.82. The van der Waals surface area contributed by atoms with Crippen molar-refractivity contribution in [1.82, 2.24) is 10.3 Å². The van der Waals surface area contributed by atoms with Crippen molar-refractivity contribution >= 4 is 11.3 Å². The van der Waals surface area contributed by atoms with Crippen molar-refractivity contribution in [2.75, 3.05) is 0 Å². The van der Waals surface area contributed by atoms with Crippen LogP contribution >= 0.6 is 11.3 Å². The van der Waals surface area contributed by atoms with Gasteiger partial charge in [-0.3, -0.25) is 0 Å². The van der Waals surface area contributed by atoms with Crippen molar-refractivity contribution in [3.05, 3.63) is 40.7 Å². The molecule has 0 aliphatic heterocycles. The number of aromatic nitrogens is 1. The smallest absolute Gasteiger partial charge is 0.136 e. The summed E-state index contributed by atoms with van der Waals surface area (Å²) in [7, 11) is 0. The molecule has 0 aliphatic carbocycles. The van der Waals surface area contributed by atoms with Crippen LogP contribution < -0.4 is 5.32 Å². The van der Waals surface area contributed by atoms with Crippen LogP contribution in [0.25, 0.3) is 10.6 Å². The van der Waals surface area contributed by atoms with E-state index in [4.69, 9.17) is 0 Å². The molecule has 2 nitrogen and oxygen atoms in total. The molecule has 0 fully saturated rings. The first kappa shape index (κ1) is 13.2. The van der Waals surface area contributed by atoms with E-state index in [2.05, 4.69) is 24.1 Å². The van der Waals surface area contributed by atoms with Gasteiger partial charge in [-0.05, 0) is 18.6 Å². The van der Waals surface area contributed by atoms with Gasteiger partial charge in [0.25, 0.3) is 0 Å². The Morgan fingerprint density at radius 3 is 2.89 bits per heavy atom. The maximum absolute atomic E-state index is 14.0. The maximum atomic E-state index is 14.0. The van der Waals surface area contributed by atoms with Gasteiger partial charge in [-0.15, -0.1) is 11.3 Å². The fourth-order valence-corrected chi connectivity index (χ4v) is 2.51. The van der Waals surface area contributed by atoms with E-state index in [0.717, 1.165) is 16.4 Å². The molecule has 1 heterocycles. The molecule has 0 unspecified atom stereocenters. The normalized spacial score (nSPS) is 11.2. The van der Waals surface area contributed by atoms with Crippen molar-refractivity contribution in [1.29, 1.82) is 0 Å². The highest BCUT2D eigenvalue weighted by atomic mass is 32.1. The molecule has 0 spiro atoms. The molecule has 0 saturated heterocycles.